The molecule has 2 atom stereocenters. The summed E-state index contributed by atoms with van der Waals surface area (Å²) in [4.78, 5) is 11.2. The Balaban J connectivity index is 2.21. The van der Waals surface area contributed by atoms with Crippen LogP contribution in [0.5, 0.6) is 0 Å². The normalized spacial score (nSPS) is 22.9. The third kappa shape index (κ3) is 4.92. The van der Waals surface area contributed by atoms with E-state index in [2.05, 4.69) is 5.32 Å². The molecule has 0 aliphatic carbocycles. The predicted molar refractivity (Wildman–Crippen MR) is 68.7 cm³/mol. The first-order chi connectivity index (χ1) is 8.58. The Morgan fingerprint density at radius 1 is 1.61 bits per heavy atom. The number of carbonyl (C=O) groups is 1. The molecule has 1 heterocycles. The van der Waals surface area contributed by atoms with E-state index in [9.17, 15) is 9.90 Å². The van der Waals surface area contributed by atoms with Gasteiger partial charge in [0.2, 0.25) is 0 Å². The van der Waals surface area contributed by atoms with Gasteiger partial charge in [-0.3, -0.25) is 4.79 Å². The Hall–Kier alpha value is -0.650. The molecule has 18 heavy (non-hydrogen) atoms. The Bertz CT molecular complexity index is 253. The zero-order chi connectivity index (χ0) is 13.4. The molecule has 1 rings (SSSR count). The summed E-state index contributed by atoms with van der Waals surface area (Å²) >= 11 is 0. The van der Waals surface area contributed by atoms with Crippen LogP contribution in [0.2, 0.25) is 0 Å². The lowest BCUT2D eigenvalue weighted by atomic mass is 9.98. The fourth-order valence-corrected chi connectivity index (χ4v) is 1.91. The molecule has 0 radical (unpaired) electrons. The average molecular weight is 259 g/mol. The molecular formula is C13H25NO4. The van der Waals surface area contributed by atoms with Crippen molar-refractivity contribution in [2.45, 2.75) is 38.6 Å². The van der Waals surface area contributed by atoms with Crippen LogP contribution < -0.4 is 5.32 Å². The van der Waals surface area contributed by atoms with Crippen molar-refractivity contribution in [3.63, 3.8) is 0 Å². The van der Waals surface area contributed by atoms with Crippen molar-refractivity contribution < 1.29 is 19.4 Å². The monoisotopic (exact) mass is 259 g/mol. The van der Waals surface area contributed by atoms with E-state index in [-0.39, 0.29) is 0 Å². The van der Waals surface area contributed by atoms with Gasteiger partial charge in [-0.25, -0.2) is 0 Å². The number of carboxylic acids is 1. The summed E-state index contributed by atoms with van der Waals surface area (Å²) in [6, 6.07) is 0. The molecule has 0 spiro atoms. The number of rotatable bonds is 9. The Morgan fingerprint density at radius 2 is 2.39 bits per heavy atom. The summed E-state index contributed by atoms with van der Waals surface area (Å²) in [5, 5.41) is 12.3. The van der Waals surface area contributed by atoms with Crippen molar-refractivity contribution in [2.75, 3.05) is 33.0 Å². The van der Waals surface area contributed by atoms with Crippen molar-refractivity contribution >= 4 is 5.97 Å². The van der Waals surface area contributed by atoms with Crippen molar-refractivity contribution in [1.29, 1.82) is 0 Å². The van der Waals surface area contributed by atoms with Crippen LogP contribution in [0.15, 0.2) is 0 Å². The molecule has 0 bridgehead atoms. The minimum Gasteiger partial charge on any atom is -0.480 e. The molecule has 2 unspecified atom stereocenters. The van der Waals surface area contributed by atoms with Gasteiger partial charge in [0.05, 0.1) is 13.2 Å². The average Bonchev–Trinajstić information content (AvgIpc) is 2.85. The van der Waals surface area contributed by atoms with Gasteiger partial charge in [0, 0.05) is 19.1 Å². The van der Waals surface area contributed by atoms with Crippen molar-refractivity contribution in [1.82, 2.24) is 5.32 Å². The van der Waals surface area contributed by atoms with Crippen LogP contribution in [0.25, 0.3) is 0 Å². The molecule has 0 saturated carbocycles. The molecule has 106 valence electrons. The zero-order valence-corrected chi connectivity index (χ0v) is 11.4. The summed E-state index contributed by atoms with van der Waals surface area (Å²) < 4.78 is 10.8. The van der Waals surface area contributed by atoms with Gasteiger partial charge in [0.1, 0.15) is 5.54 Å². The second-order valence-corrected chi connectivity index (χ2v) is 5.12. The van der Waals surface area contributed by atoms with Crippen LogP contribution in [-0.4, -0.2) is 49.6 Å². The maximum Gasteiger partial charge on any atom is 0.323 e. The Kier molecular flexibility index (Phi) is 6.60. The van der Waals surface area contributed by atoms with Gasteiger partial charge in [-0.15, -0.1) is 0 Å². The van der Waals surface area contributed by atoms with Gasteiger partial charge < -0.3 is 19.9 Å². The van der Waals surface area contributed by atoms with Crippen LogP contribution in [0.3, 0.4) is 0 Å². The van der Waals surface area contributed by atoms with E-state index < -0.39 is 11.5 Å². The van der Waals surface area contributed by atoms with Crippen LogP contribution in [-0.2, 0) is 14.3 Å². The molecule has 2 N–H and O–H groups in total. The molecular weight excluding hydrogens is 234 g/mol. The quantitative estimate of drug-likeness (QED) is 0.610. The molecule has 0 amide bonds. The number of aliphatic carboxylic acids is 1. The third-order valence-electron chi connectivity index (χ3n) is 3.36. The number of carboxylic acid groups (broad SMARTS) is 1. The highest BCUT2D eigenvalue weighted by atomic mass is 16.5. The first kappa shape index (κ1) is 15.4. The van der Waals surface area contributed by atoms with Crippen molar-refractivity contribution in [3.05, 3.63) is 0 Å². The lowest BCUT2D eigenvalue weighted by Crippen LogP contribution is -2.50. The van der Waals surface area contributed by atoms with Gasteiger partial charge in [-0.2, -0.15) is 0 Å². The van der Waals surface area contributed by atoms with Gasteiger partial charge in [-0.05, 0) is 32.7 Å². The SMILES string of the molecule is CCCNC(C)(CCOCC1CCOC1)C(=O)O. The third-order valence-corrected chi connectivity index (χ3v) is 3.36. The first-order valence-electron chi connectivity index (χ1n) is 6.72. The number of hydrogen-bond donors (Lipinski definition) is 2. The number of hydrogen-bond acceptors (Lipinski definition) is 4. The predicted octanol–water partition coefficient (Wildman–Crippen LogP) is 1.27. The van der Waals surface area contributed by atoms with Gasteiger partial charge >= 0.3 is 5.97 Å². The highest BCUT2D eigenvalue weighted by molar-refractivity contribution is 5.78. The van der Waals surface area contributed by atoms with Crippen LogP contribution >= 0.6 is 0 Å². The van der Waals surface area contributed by atoms with E-state index in [0.29, 0.717) is 32.1 Å². The van der Waals surface area contributed by atoms with Crippen molar-refractivity contribution in [3.8, 4) is 0 Å². The summed E-state index contributed by atoms with van der Waals surface area (Å²) in [6.07, 6.45) is 2.45. The smallest absolute Gasteiger partial charge is 0.323 e. The highest BCUT2D eigenvalue weighted by Crippen LogP contribution is 2.14. The van der Waals surface area contributed by atoms with Crippen LogP contribution in [0.1, 0.15) is 33.1 Å². The number of nitrogens with one attached hydrogen (secondary N) is 1. The molecule has 1 saturated heterocycles. The van der Waals surface area contributed by atoms with Gasteiger partial charge in [0.15, 0.2) is 0 Å². The molecule has 1 aliphatic heterocycles. The first-order valence-corrected chi connectivity index (χ1v) is 6.72. The van der Waals surface area contributed by atoms with E-state index in [1.165, 1.54) is 0 Å². The van der Waals surface area contributed by atoms with E-state index in [1.807, 2.05) is 6.92 Å². The molecule has 5 heteroatoms. The summed E-state index contributed by atoms with van der Waals surface area (Å²) in [5.41, 5.74) is -0.887. The fraction of sp³-hybridized carbons (Fsp3) is 0.923. The molecule has 1 aliphatic rings. The Morgan fingerprint density at radius 3 is 2.94 bits per heavy atom. The lowest BCUT2D eigenvalue weighted by Gasteiger charge is -2.26. The summed E-state index contributed by atoms with van der Waals surface area (Å²) in [6.45, 7) is 7.17. The fourth-order valence-electron chi connectivity index (χ4n) is 1.91. The second kappa shape index (κ2) is 7.71. The molecule has 0 aromatic rings. The van der Waals surface area contributed by atoms with E-state index in [1.54, 1.807) is 6.92 Å². The van der Waals surface area contributed by atoms with Crippen LogP contribution in [0.4, 0.5) is 0 Å². The standard InChI is InChI=1S/C13H25NO4/c1-3-6-14-13(2,12(15)16)5-8-18-10-11-4-7-17-9-11/h11,14H,3-10H2,1-2H3,(H,15,16). The molecule has 0 aromatic carbocycles. The molecule has 0 aromatic heterocycles. The molecule has 1 fully saturated rings. The van der Waals surface area contributed by atoms with Crippen LogP contribution in [0, 0.1) is 5.92 Å². The zero-order valence-electron chi connectivity index (χ0n) is 11.4. The topological polar surface area (TPSA) is 67.8 Å². The van der Waals surface area contributed by atoms with E-state index in [4.69, 9.17) is 9.47 Å². The lowest BCUT2D eigenvalue weighted by molar-refractivity contribution is -0.145. The van der Waals surface area contributed by atoms with Crippen molar-refractivity contribution in [2.24, 2.45) is 5.92 Å². The van der Waals surface area contributed by atoms with E-state index in [0.717, 1.165) is 26.1 Å². The minimum atomic E-state index is -0.887. The summed E-state index contributed by atoms with van der Waals surface area (Å²) in [5.74, 6) is -0.339. The maximum absolute atomic E-state index is 11.2. The summed E-state index contributed by atoms with van der Waals surface area (Å²) in [7, 11) is 0. The number of ether oxygens (including phenoxy) is 2. The van der Waals surface area contributed by atoms with Gasteiger partial charge in [-0.1, -0.05) is 6.92 Å². The maximum atomic E-state index is 11.2. The molecule has 5 nitrogen and oxygen atoms in total. The van der Waals surface area contributed by atoms with Gasteiger partial charge in [0.25, 0.3) is 0 Å². The highest BCUT2D eigenvalue weighted by Gasteiger charge is 2.31. The second-order valence-electron chi connectivity index (χ2n) is 5.12. The van der Waals surface area contributed by atoms with E-state index >= 15 is 0 Å². The largest absolute Gasteiger partial charge is 0.480 e. The minimum absolute atomic E-state index is 0.468. The Labute approximate surface area is 109 Å².